The summed E-state index contributed by atoms with van der Waals surface area (Å²) < 4.78 is 0. The Hall–Kier alpha value is -1.65. The largest absolute Gasteiger partial charge is 0.396 e. The van der Waals surface area contributed by atoms with Crippen LogP contribution in [0.25, 0.3) is 0 Å². The average Bonchev–Trinajstić information content (AvgIpc) is 2.87. The Balaban J connectivity index is 2.57. The minimum absolute atomic E-state index is 0.0354. The quantitative estimate of drug-likeness (QED) is 0.544. The minimum atomic E-state index is -0.370. The molecule has 2 atom stereocenters. The van der Waals surface area contributed by atoms with Crippen LogP contribution in [0.3, 0.4) is 0 Å². The lowest BCUT2D eigenvalue weighted by Crippen LogP contribution is -2.41. The second-order valence-corrected chi connectivity index (χ2v) is 6.24. The summed E-state index contributed by atoms with van der Waals surface area (Å²) >= 11 is 0. The van der Waals surface area contributed by atoms with Crippen LogP contribution in [0.4, 0.5) is 0 Å². The second-order valence-electron chi connectivity index (χ2n) is 6.24. The molecule has 0 heterocycles. The van der Waals surface area contributed by atoms with Gasteiger partial charge in [-0.3, -0.25) is 4.79 Å². The summed E-state index contributed by atoms with van der Waals surface area (Å²) in [6.07, 6.45) is 14.8. The molecule has 2 unspecified atom stereocenters. The first-order valence-corrected chi connectivity index (χ1v) is 8.84. The highest BCUT2D eigenvalue weighted by Crippen LogP contribution is 2.24. The number of carbonyl (C=O) groups is 1. The molecule has 1 rings (SSSR count). The van der Waals surface area contributed by atoms with Crippen LogP contribution in [0.15, 0.2) is 48.1 Å². The van der Waals surface area contributed by atoms with E-state index in [1.54, 1.807) is 0 Å². The molecule has 0 aromatic rings. The predicted molar refractivity (Wildman–Crippen MR) is 98.5 cm³/mol. The van der Waals surface area contributed by atoms with E-state index in [1.807, 2.05) is 18.2 Å². The number of allylic oxidation sites excluding steroid dienone is 7. The molecule has 0 aromatic heterocycles. The van der Waals surface area contributed by atoms with E-state index in [0.717, 1.165) is 37.7 Å². The summed E-state index contributed by atoms with van der Waals surface area (Å²) in [7, 11) is 0. The van der Waals surface area contributed by atoms with Crippen LogP contribution in [-0.4, -0.2) is 35.4 Å². The maximum absolute atomic E-state index is 12.5. The van der Waals surface area contributed by atoms with Gasteiger partial charge in [-0.25, -0.2) is 0 Å². The number of aliphatic hydroxyl groups excluding tert-OH is 2. The summed E-state index contributed by atoms with van der Waals surface area (Å²) in [6.45, 7) is 6.05. The lowest BCUT2D eigenvalue weighted by atomic mass is 9.91. The molecule has 0 radical (unpaired) electrons. The zero-order chi connectivity index (χ0) is 17.8. The van der Waals surface area contributed by atoms with Crippen molar-refractivity contribution in [2.75, 3.05) is 13.2 Å². The molecule has 1 aliphatic rings. The van der Waals surface area contributed by atoms with Gasteiger partial charge in [-0.15, -0.1) is 0 Å². The van der Waals surface area contributed by atoms with Crippen molar-refractivity contribution in [2.45, 2.75) is 51.5 Å². The summed E-state index contributed by atoms with van der Waals surface area (Å²) in [5.74, 6) is -0.122. The Morgan fingerprint density at radius 3 is 2.71 bits per heavy atom. The summed E-state index contributed by atoms with van der Waals surface area (Å²) in [4.78, 5) is 12.5. The van der Waals surface area contributed by atoms with Gasteiger partial charge in [-0.2, -0.15) is 0 Å². The maximum Gasteiger partial charge on any atom is 0.223 e. The van der Waals surface area contributed by atoms with Gasteiger partial charge in [0.25, 0.3) is 0 Å². The normalized spacial score (nSPS) is 16.2. The molecular formula is C20H31NO3. The van der Waals surface area contributed by atoms with Gasteiger partial charge < -0.3 is 15.5 Å². The molecule has 0 saturated carbocycles. The topological polar surface area (TPSA) is 69.6 Å². The Labute approximate surface area is 145 Å². The first kappa shape index (κ1) is 20.4. The first-order chi connectivity index (χ1) is 11.6. The Morgan fingerprint density at radius 2 is 2.04 bits per heavy atom. The monoisotopic (exact) mass is 333 g/mol. The Bertz CT molecular complexity index is 491. The number of nitrogens with one attached hydrogen (secondary N) is 1. The van der Waals surface area contributed by atoms with Gasteiger partial charge in [0, 0.05) is 12.5 Å². The zero-order valence-electron chi connectivity index (χ0n) is 14.7. The van der Waals surface area contributed by atoms with Gasteiger partial charge in [0.15, 0.2) is 0 Å². The lowest BCUT2D eigenvalue weighted by Gasteiger charge is -2.21. The number of carbonyl (C=O) groups excluding carboxylic acids is 1. The molecule has 4 heteroatoms. The van der Waals surface area contributed by atoms with Crippen molar-refractivity contribution in [3.8, 4) is 0 Å². The number of rotatable bonds is 11. The molecule has 0 aliphatic heterocycles. The standard InChI is InChI=1S/C20H31NO3/c1-3-8-18(20(24)21-19(15-23)13-14-22)12-11-16(2)17-9-6-4-5-7-10-17/h4-7,9,18-19,22-23H,2-3,8,10-15H2,1H3,(H,21,24). The van der Waals surface area contributed by atoms with Crippen molar-refractivity contribution in [3.63, 3.8) is 0 Å². The fourth-order valence-corrected chi connectivity index (χ4v) is 2.79. The van der Waals surface area contributed by atoms with E-state index in [0.29, 0.717) is 6.42 Å². The van der Waals surface area contributed by atoms with Crippen LogP contribution < -0.4 is 5.32 Å². The van der Waals surface area contributed by atoms with Crippen LogP contribution in [0.2, 0.25) is 0 Å². The molecule has 0 bridgehead atoms. The van der Waals surface area contributed by atoms with Crippen LogP contribution >= 0.6 is 0 Å². The third-order valence-corrected chi connectivity index (χ3v) is 4.29. The molecule has 0 spiro atoms. The third-order valence-electron chi connectivity index (χ3n) is 4.29. The molecule has 0 saturated heterocycles. The number of amides is 1. The molecule has 0 aromatic carbocycles. The van der Waals surface area contributed by atoms with Gasteiger partial charge in [0.05, 0.1) is 12.6 Å². The summed E-state index contributed by atoms with van der Waals surface area (Å²) in [5.41, 5.74) is 2.29. The fourth-order valence-electron chi connectivity index (χ4n) is 2.79. The Morgan fingerprint density at radius 1 is 1.25 bits per heavy atom. The number of aliphatic hydroxyl groups is 2. The van der Waals surface area contributed by atoms with E-state index in [2.05, 4.69) is 31.0 Å². The Kier molecular flexibility index (Phi) is 10.0. The highest BCUT2D eigenvalue weighted by molar-refractivity contribution is 5.79. The highest BCUT2D eigenvalue weighted by atomic mass is 16.3. The SMILES string of the molecule is C=C(CCC(CCC)C(=O)NC(CO)CCO)C1=CC=CC=CC1. The molecule has 134 valence electrons. The first-order valence-electron chi connectivity index (χ1n) is 8.84. The zero-order valence-corrected chi connectivity index (χ0v) is 14.7. The van der Waals surface area contributed by atoms with E-state index in [4.69, 9.17) is 5.11 Å². The van der Waals surface area contributed by atoms with Crippen molar-refractivity contribution in [2.24, 2.45) is 5.92 Å². The van der Waals surface area contributed by atoms with Gasteiger partial charge in [-0.05, 0) is 37.7 Å². The molecule has 1 amide bonds. The average molecular weight is 333 g/mol. The molecule has 3 N–H and O–H groups in total. The van der Waals surface area contributed by atoms with Crippen LogP contribution in [0.5, 0.6) is 0 Å². The molecule has 4 nitrogen and oxygen atoms in total. The van der Waals surface area contributed by atoms with Gasteiger partial charge in [0.1, 0.15) is 0 Å². The van der Waals surface area contributed by atoms with Crippen LogP contribution in [0.1, 0.15) is 45.4 Å². The van der Waals surface area contributed by atoms with Gasteiger partial charge in [-0.1, -0.05) is 55.9 Å². The summed E-state index contributed by atoms with van der Waals surface area (Å²) in [6, 6.07) is -0.370. The van der Waals surface area contributed by atoms with Crippen molar-refractivity contribution >= 4 is 5.91 Å². The van der Waals surface area contributed by atoms with Crippen molar-refractivity contribution in [1.82, 2.24) is 5.32 Å². The molecule has 0 fully saturated rings. The van der Waals surface area contributed by atoms with Crippen molar-refractivity contribution in [1.29, 1.82) is 0 Å². The minimum Gasteiger partial charge on any atom is -0.396 e. The maximum atomic E-state index is 12.5. The van der Waals surface area contributed by atoms with E-state index in [-0.39, 0.29) is 31.1 Å². The van der Waals surface area contributed by atoms with E-state index in [9.17, 15) is 9.90 Å². The predicted octanol–water partition coefficient (Wildman–Crippen LogP) is 3.04. The summed E-state index contributed by atoms with van der Waals surface area (Å²) in [5, 5.41) is 21.1. The van der Waals surface area contributed by atoms with Crippen molar-refractivity contribution < 1.29 is 15.0 Å². The van der Waals surface area contributed by atoms with Crippen LogP contribution in [0, 0.1) is 5.92 Å². The number of hydrogen-bond acceptors (Lipinski definition) is 3. The van der Waals surface area contributed by atoms with E-state index >= 15 is 0 Å². The van der Waals surface area contributed by atoms with E-state index < -0.39 is 0 Å². The molecule has 24 heavy (non-hydrogen) atoms. The molecular weight excluding hydrogens is 302 g/mol. The third kappa shape index (κ3) is 7.28. The van der Waals surface area contributed by atoms with Gasteiger partial charge >= 0.3 is 0 Å². The second kappa shape index (κ2) is 11.8. The van der Waals surface area contributed by atoms with Crippen molar-refractivity contribution in [3.05, 3.63) is 48.1 Å². The highest BCUT2D eigenvalue weighted by Gasteiger charge is 2.20. The molecule has 1 aliphatic carbocycles. The number of hydrogen-bond donors (Lipinski definition) is 3. The fraction of sp³-hybridized carbons (Fsp3) is 0.550. The van der Waals surface area contributed by atoms with Crippen LogP contribution in [-0.2, 0) is 4.79 Å². The van der Waals surface area contributed by atoms with Gasteiger partial charge in [0.2, 0.25) is 5.91 Å². The van der Waals surface area contributed by atoms with E-state index in [1.165, 1.54) is 5.57 Å². The lowest BCUT2D eigenvalue weighted by molar-refractivity contribution is -0.126. The smallest absolute Gasteiger partial charge is 0.223 e.